The molecule has 0 saturated carbocycles. The first-order chi connectivity index (χ1) is 12.8. The van der Waals surface area contributed by atoms with Crippen molar-refractivity contribution in [2.45, 2.75) is 51.6 Å². The van der Waals surface area contributed by atoms with E-state index in [1.165, 1.54) is 14.2 Å². The second kappa shape index (κ2) is 11.0. The summed E-state index contributed by atoms with van der Waals surface area (Å²) in [5.74, 6) is -0.136. The largest absolute Gasteiger partial charge is 0.496 e. The molecule has 0 aliphatic carbocycles. The van der Waals surface area contributed by atoms with Crippen molar-refractivity contribution < 1.29 is 28.4 Å². The normalized spacial score (nSPS) is 13.3. The average molecular weight is 396 g/mol. The number of hydrogen-bond donors (Lipinski definition) is 0. The van der Waals surface area contributed by atoms with Crippen LogP contribution in [-0.2, 0) is 14.1 Å². The summed E-state index contributed by atoms with van der Waals surface area (Å²) in [4.78, 5) is 25.8. The van der Waals surface area contributed by atoms with Gasteiger partial charge in [-0.1, -0.05) is 39.7 Å². The van der Waals surface area contributed by atoms with Gasteiger partial charge in [0.1, 0.15) is 17.1 Å². The molecule has 150 valence electrons. The molecule has 0 amide bonds. The van der Waals surface area contributed by atoms with Gasteiger partial charge in [0.05, 0.1) is 20.8 Å². The van der Waals surface area contributed by atoms with E-state index in [-0.39, 0.29) is 30.3 Å². The highest BCUT2D eigenvalue weighted by atomic mass is 31.1. The van der Waals surface area contributed by atoms with E-state index in [0.717, 1.165) is 6.42 Å². The lowest BCUT2D eigenvalue weighted by atomic mass is 9.91. The number of carbonyl (C=O) groups excluding carboxylic acids is 2. The maximum Gasteiger partial charge on any atom is 0.324 e. The molecule has 0 aliphatic heterocycles. The van der Waals surface area contributed by atoms with Gasteiger partial charge in [0.15, 0.2) is 19.4 Å². The Morgan fingerprint density at radius 2 is 1.74 bits per heavy atom. The Kier molecular flexibility index (Phi) is 9.44. The van der Waals surface area contributed by atoms with Gasteiger partial charge < -0.3 is 14.2 Å². The van der Waals surface area contributed by atoms with Crippen LogP contribution in [0.15, 0.2) is 18.2 Å². The van der Waals surface area contributed by atoms with Gasteiger partial charge in [-0.05, 0) is 24.5 Å². The third-order valence-electron chi connectivity index (χ3n) is 4.21. The molecule has 0 radical (unpaired) electrons. The first-order valence-corrected chi connectivity index (χ1v) is 9.92. The van der Waals surface area contributed by atoms with Crippen molar-refractivity contribution in [3.05, 3.63) is 23.8 Å². The van der Waals surface area contributed by atoms with Crippen molar-refractivity contribution in [2.75, 3.05) is 20.8 Å². The van der Waals surface area contributed by atoms with Gasteiger partial charge >= 0.3 is 5.97 Å². The van der Waals surface area contributed by atoms with Gasteiger partial charge in [-0.25, -0.2) is 0 Å². The molecule has 0 aromatic heterocycles. The van der Waals surface area contributed by atoms with Crippen molar-refractivity contribution >= 4 is 20.2 Å². The molecule has 1 atom stereocenters. The van der Waals surface area contributed by atoms with Gasteiger partial charge in [0.25, 0.3) is 0 Å². The number of esters is 1. The van der Waals surface area contributed by atoms with Crippen LogP contribution in [0, 0.1) is 5.92 Å². The van der Waals surface area contributed by atoms with Crippen molar-refractivity contribution in [1.82, 2.24) is 0 Å². The SMILES string of the molecule is CCCCC(CC(=O)c1c(OC)cccc1OC)(P=O)C(=O)OCC(C)C. The third kappa shape index (κ3) is 6.03. The molecule has 1 aromatic carbocycles. The Balaban J connectivity index is 3.23. The molecule has 1 unspecified atom stereocenters. The topological polar surface area (TPSA) is 78.9 Å². The minimum Gasteiger partial charge on any atom is -0.496 e. The number of benzene rings is 1. The van der Waals surface area contributed by atoms with Crippen LogP contribution in [0.4, 0.5) is 0 Å². The number of ether oxygens (including phenoxy) is 3. The molecular weight excluding hydrogens is 367 g/mol. The number of Topliss-reactive ketones (excluding diaryl/α,β-unsaturated/α-hetero) is 1. The van der Waals surface area contributed by atoms with E-state index in [0.29, 0.717) is 24.3 Å². The standard InChI is InChI=1S/C20H29O6P/c1-6-7-11-20(27-23,19(22)26-13-14(2)3)12-15(21)18-16(24-4)9-8-10-17(18)25-5/h8-10,14H,6-7,11-13H2,1-5H3. The summed E-state index contributed by atoms with van der Waals surface area (Å²) in [5.41, 5.74) is 0.240. The average Bonchev–Trinajstić information content (AvgIpc) is 2.68. The van der Waals surface area contributed by atoms with Crippen LogP contribution in [0.25, 0.3) is 0 Å². The predicted molar refractivity (Wildman–Crippen MR) is 104 cm³/mol. The fourth-order valence-corrected chi connectivity index (χ4v) is 3.30. The molecule has 1 aromatic rings. The molecule has 0 saturated heterocycles. The molecule has 7 heteroatoms. The summed E-state index contributed by atoms with van der Waals surface area (Å²) < 4.78 is 28.0. The summed E-state index contributed by atoms with van der Waals surface area (Å²) in [5, 5.41) is -1.41. The molecule has 0 N–H and O–H groups in total. The highest BCUT2D eigenvalue weighted by Gasteiger charge is 2.44. The van der Waals surface area contributed by atoms with Crippen LogP contribution in [0.3, 0.4) is 0 Å². The van der Waals surface area contributed by atoms with Crippen molar-refractivity contribution in [1.29, 1.82) is 0 Å². The summed E-state index contributed by atoms with van der Waals surface area (Å²) in [6.45, 7) is 6.02. The van der Waals surface area contributed by atoms with E-state index >= 15 is 0 Å². The molecule has 27 heavy (non-hydrogen) atoms. The molecule has 0 heterocycles. The zero-order valence-corrected chi connectivity index (χ0v) is 17.6. The summed E-state index contributed by atoms with van der Waals surface area (Å²) >= 11 is 0. The third-order valence-corrected chi connectivity index (χ3v) is 5.12. The van der Waals surface area contributed by atoms with Gasteiger partial charge in [-0.2, -0.15) is 0 Å². The summed E-state index contributed by atoms with van der Waals surface area (Å²) in [7, 11) is 2.49. The smallest absolute Gasteiger partial charge is 0.324 e. The fourth-order valence-electron chi connectivity index (χ4n) is 2.70. The minimum absolute atomic E-state index is 0.145. The van der Waals surface area contributed by atoms with E-state index in [4.69, 9.17) is 14.2 Å². The lowest BCUT2D eigenvalue weighted by molar-refractivity contribution is -0.148. The van der Waals surface area contributed by atoms with Crippen LogP contribution in [-0.4, -0.2) is 37.7 Å². The number of carbonyl (C=O) groups is 2. The number of rotatable bonds is 12. The van der Waals surface area contributed by atoms with Crippen molar-refractivity contribution in [3.63, 3.8) is 0 Å². The fraction of sp³-hybridized carbons (Fsp3) is 0.600. The van der Waals surface area contributed by atoms with Crippen LogP contribution in [0.2, 0.25) is 0 Å². The van der Waals surface area contributed by atoms with E-state index < -0.39 is 19.6 Å². The molecule has 0 fully saturated rings. The Labute approximate surface area is 162 Å². The molecule has 6 nitrogen and oxygen atoms in total. The van der Waals surface area contributed by atoms with E-state index in [1.807, 2.05) is 20.8 Å². The minimum atomic E-state index is -1.41. The monoisotopic (exact) mass is 396 g/mol. The highest BCUT2D eigenvalue weighted by Crippen LogP contribution is 2.39. The lowest BCUT2D eigenvalue weighted by Gasteiger charge is -2.25. The molecule has 0 aliphatic rings. The van der Waals surface area contributed by atoms with Crippen molar-refractivity contribution in [3.8, 4) is 11.5 Å². The lowest BCUT2D eigenvalue weighted by Crippen LogP contribution is -2.38. The Morgan fingerprint density at radius 3 is 2.19 bits per heavy atom. The summed E-state index contributed by atoms with van der Waals surface area (Å²) in [6.07, 6.45) is 1.52. The maximum atomic E-state index is 13.1. The first kappa shape index (κ1) is 23.1. The molecular formula is C20H29O6P. The van der Waals surface area contributed by atoms with Gasteiger partial charge in [-0.3, -0.25) is 14.2 Å². The van der Waals surface area contributed by atoms with Gasteiger partial charge in [0.2, 0.25) is 0 Å². The van der Waals surface area contributed by atoms with E-state index in [9.17, 15) is 14.2 Å². The zero-order valence-electron chi connectivity index (χ0n) is 16.7. The van der Waals surface area contributed by atoms with Gasteiger partial charge in [0, 0.05) is 6.42 Å². The van der Waals surface area contributed by atoms with Crippen LogP contribution in [0.5, 0.6) is 11.5 Å². The molecule has 0 bridgehead atoms. The second-order valence-electron chi connectivity index (χ2n) is 6.86. The molecule has 0 spiro atoms. The van der Waals surface area contributed by atoms with E-state index in [2.05, 4.69) is 0 Å². The van der Waals surface area contributed by atoms with E-state index in [1.54, 1.807) is 18.2 Å². The number of ketones is 1. The van der Waals surface area contributed by atoms with Crippen molar-refractivity contribution in [2.24, 2.45) is 5.92 Å². The predicted octanol–water partition coefficient (Wildman–Crippen LogP) is 4.70. The second-order valence-corrected chi connectivity index (χ2v) is 7.89. The number of hydrogen-bond acceptors (Lipinski definition) is 6. The number of methoxy groups -OCH3 is 2. The summed E-state index contributed by atoms with van der Waals surface area (Å²) in [6, 6.07) is 5.01. The first-order valence-electron chi connectivity index (χ1n) is 9.11. The van der Waals surface area contributed by atoms with Crippen LogP contribution >= 0.6 is 8.46 Å². The van der Waals surface area contributed by atoms with Gasteiger partial charge in [-0.15, -0.1) is 0 Å². The van der Waals surface area contributed by atoms with Crippen LogP contribution in [0.1, 0.15) is 56.8 Å². The Morgan fingerprint density at radius 1 is 1.15 bits per heavy atom. The van der Waals surface area contributed by atoms with Crippen LogP contribution < -0.4 is 9.47 Å². The quantitative estimate of drug-likeness (QED) is 0.290. The number of unbranched alkanes of at least 4 members (excludes halogenated alkanes) is 1. The Bertz CT molecular complexity index is 636. The zero-order chi connectivity index (χ0) is 20.4. The molecule has 1 rings (SSSR count). The Hall–Kier alpha value is -1.94. The maximum absolute atomic E-state index is 13.1. The highest BCUT2D eigenvalue weighted by molar-refractivity contribution is 7.28.